The molecule has 5 nitrogen and oxygen atoms in total. The fraction of sp³-hybridized carbons (Fsp3) is 0.474. The van der Waals surface area contributed by atoms with Crippen molar-refractivity contribution in [1.82, 2.24) is 14.7 Å². The van der Waals surface area contributed by atoms with Crippen LogP contribution in [0.5, 0.6) is 0 Å². The smallest absolute Gasteiger partial charge is 0.368 e. The molecule has 28 heavy (non-hydrogen) atoms. The monoisotopic (exact) mass is 396 g/mol. The van der Waals surface area contributed by atoms with E-state index in [0.29, 0.717) is 30.9 Å². The van der Waals surface area contributed by atoms with Crippen LogP contribution < -0.4 is 5.32 Å². The third kappa shape index (κ3) is 3.22. The first-order chi connectivity index (χ1) is 13.3. The van der Waals surface area contributed by atoms with E-state index in [1.54, 1.807) is 19.1 Å². The normalized spacial score (nSPS) is 24.8. The summed E-state index contributed by atoms with van der Waals surface area (Å²) >= 11 is 0. The van der Waals surface area contributed by atoms with Gasteiger partial charge in [0.1, 0.15) is 11.6 Å². The zero-order valence-electron chi connectivity index (χ0n) is 15.2. The number of alkyl halides is 3. The SMILES string of the molecule is C[C@@H]1C[C@H](C(F)(F)F)n2nc(C3CCCN3C(=O)c3ccccc3F)cc2N1. The number of carbonyl (C=O) groups is 1. The van der Waals surface area contributed by atoms with Gasteiger partial charge in [-0.3, -0.25) is 4.79 Å². The summed E-state index contributed by atoms with van der Waals surface area (Å²) in [5.74, 6) is -0.795. The first-order valence-electron chi connectivity index (χ1n) is 9.24. The molecule has 0 bridgehead atoms. The van der Waals surface area contributed by atoms with Crippen LogP contribution in [0.1, 0.15) is 54.3 Å². The Morgan fingerprint density at radius 1 is 1.29 bits per heavy atom. The maximum Gasteiger partial charge on any atom is 0.410 e. The number of hydrogen-bond donors (Lipinski definition) is 1. The van der Waals surface area contributed by atoms with Gasteiger partial charge < -0.3 is 10.2 Å². The summed E-state index contributed by atoms with van der Waals surface area (Å²) in [4.78, 5) is 14.3. The fourth-order valence-corrected chi connectivity index (χ4v) is 4.05. The fourth-order valence-electron chi connectivity index (χ4n) is 4.05. The summed E-state index contributed by atoms with van der Waals surface area (Å²) in [5, 5.41) is 7.24. The summed E-state index contributed by atoms with van der Waals surface area (Å²) in [5.41, 5.74) is 0.353. The van der Waals surface area contributed by atoms with Crippen LogP contribution in [-0.2, 0) is 0 Å². The number of hydrogen-bond acceptors (Lipinski definition) is 3. The predicted octanol–water partition coefficient (Wildman–Crippen LogP) is 4.31. The number of rotatable bonds is 2. The van der Waals surface area contributed by atoms with Gasteiger partial charge in [0, 0.05) is 18.7 Å². The van der Waals surface area contributed by atoms with Gasteiger partial charge in [-0.2, -0.15) is 18.3 Å². The summed E-state index contributed by atoms with van der Waals surface area (Å²) in [6.07, 6.45) is -3.27. The van der Waals surface area contributed by atoms with Crippen molar-refractivity contribution in [2.45, 2.75) is 50.5 Å². The molecule has 2 aromatic rings. The van der Waals surface area contributed by atoms with E-state index in [4.69, 9.17) is 0 Å². The Morgan fingerprint density at radius 2 is 2.04 bits per heavy atom. The molecule has 0 spiro atoms. The molecule has 4 rings (SSSR count). The van der Waals surface area contributed by atoms with E-state index in [1.807, 2.05) is 0 Å². The van der Waals surface area contributed by atoms with Crippen molar-refractivity contribution >= 4 is 11.7 Å². The molecular formula is C19H20F4N4O. The number of amides is 1. The summed E-state index contributed by atoms with van der Waals surface area (Å²) in [7, 11) is 0. The molecule has 0 radical (unpaired) electrons. The zero-order valence-corrected chi connectivity index (χ0v) is 15.2. The van der Waals surface area contributed by atoms with Crippen molar-refractivity contribution in [3.63, 3.8) is 0 Å². The second-order valence-corrected chi connectivity index (χ2v) is 7.37. The van der Waals surface area contributed by atoms with E-state index in [0.717, 1.165) is 4.68 Å². The molecule has 9 heteroatoms. The van der Waals surface area contributed by atoms with Crippen molar-refractivity contribution in [3.05, 3.63) is 47.4 Å². The van der Waals surface area contributed by atoms with Gasteiger partial charge in [0.15, 0.2) is 6.04 Å². The highest BCUT2D eigenvalue weighted by Crippen LogP contribution is 2.41. The predicted molar refractivity (Wildman–Crippen MR) is 94.4 cm³/mol. The van der Waals surface area contributed by atoms with Crippen LogP contribution in [0.4, 0.5) is 23.4 Å². The Bertz CT molecular complexity index is 894. The van der Waals surface area contributed by atoms with E-state index in [2.05, 4.69) is 10.4 Å². The molecule has 3 atom stereocenters. The topological polar surface area (TPSA) is 50.2 Å². The lowest BCUT2D eigenvalue weighted by molar-refractivity contribution is -0.173. The minimum absolute atomic E-state index is 0.0433. The van der Waals surface area contributed by atoms with E-state index < -0.39 is 30.0 Å². The average molecular weight is 396 g/mol. The number of aromatic nitrogens is 2. The average Bonchev–Trinajstić information content (AvgIpc) is 3.26. The molecule has 0 saturated carbocycles. The molecule has 150 valence electrons. The van der Waals surface area contributed by atoms with Crippen LogP contribution >= 0.6 is 0 Å². The molecule has 2 aliphatic heterocycles. The van der Waals surface area contributed by atoms with E-state index in [1.165, 1.54) is 23.1 Å². The van der Waals surface area contributed by atoms with Crippen molar-refractivity contribution < 1.29 is 22.4 Å². The van der Waals surface area contributed by atoms with Gasteiger partial charge in [-0.1, -0.05) is 12.1 Å². The maximum absolute atomic E-state index is 14.0. The second-order valence-electron chi connectivity index (χ2n) is 7.37. The standard InChI is InChI=1S/C19H20F4N4O/c1-11-9-16(19(21,22)23)27-17(24-11)10-14(25-27)15-7-4-8-26(15)18(28)12-5-2-3-6-13(12)20/h2-3,5-6,10-11,15-16,24H,4,7-9H2,1H3/t11-,15?,16-/m1/s1. The first kappa shape index (κ1) is 18.8. The van der Waals surface area contributed by atoms with Crippen LogP contribution in [0.3, 0.4) is 0 Å². The van der Waals surface area contributed by atoms with E-state index in [9.17, 15) is 22.4 Å². The molecular weight excluding hydrogens is 376 g/mol. The lowest BCUT2D eigenvalue weighted by Gasteiger charge is -2.31. The summed E-state index contributed by atoms with van der Waals surface area (Å²) < 4.78 is 55.4. The Kier molecular flexibility index (Phi) is 4.55. The van der Waals surface area contributed by atoms with Gasteiger partial charge in [0.05, 0.1) is 17.3 Å². The van der Waals surface area contributed by atoms with Crippen LogP contribution in [0, 0.1) is 5.82 Å². The Balaban J connectivity index is 1.66. The summed E-state index contributed by atoms with van der Waals surface area (Å²) in [6.45, 7) is 2.10. The molecule has 1 aromatic carbocycles. The van der Waals surface area contributed by atoms with Gasteiger partial charge in [-0.15, -0.1) is 0 Å². The van der Waals surface area contributed by atoms with E-state index in [-0.39, 0.29) is 18.0 Å². The zero-order chi connectivity index (χ0) is 20.1. The Hall–Kier alpha value is -2.58. The number of fused-ring (bicyclic) bond motifs is 1. The van der Waals surface area contributed by atoms with Crippen LogP contribution in [0.15, 0.2) is 30.3 Å². The molecule has 0 aliphatic carbocycles. The highest BCUT2D eigenvalue weighted by Gasteiger charge is 2.46. The molecule has 3 heterocycles. The number of halogens is 4. The number of anilines is 1. The molecule has 1 N–H and O–H groups in total. The number of nitrogens with zero attached hydrogens (tertiary/aromatic N) is 3. The molecule has 1 unspecified atom stereocenters. The van der Waals surface area contributed by atoms with Crippen LogP contribution in [0.2, 0.25) is 0 Å². The van der Waals surface area contributed by atoms with Gasteiger partial charge in [-0.25, -0.2) is 9.07 Å². The lowest BCUT2D eigenvalue weighted by Crippen LogP contribution is -2.38. The molecule has 1 saturated heterocycles. The Labute approximate surface area is 159 Å². The molecule has 2 aliphatic rings. The summed E-state index contributed by atoms with van der Waals surface area (Å²) in [6, 6.07) is 4.76. The number of nitrogens with one attached hydrogen (secondary N) is 1. The number of benzene rings is 1. The maximum atomic E-state index is 14.0. The van der Waals surface area contributed by atoms with Crippen molar-refractivity contribution in [2.24, 2.45) is 0 Å². The Morgan fingerprint density at radius 3 is 2.75 bits per heavy atom. The quantitative estimate of drug-likeness (QED) is 0.770. The largest absolute Gasteiger partial charge is 0.410 e. The van der Waals surface area contributed by atoms with Crippen LogP contribution in [0.25, 0.3) is 0 Å². The molecule has 1 amide bonds. The van der Waals surface area contributed by atoms with Gasteiger partial charge >= 0.3 is 6.18 Å². The van der Waals surface area contributed by atoms with E-state index >= 15 is 0 Å². The first-order valence-corrected chi connectivity index (χ1v) is 9.24. The lowest BCUT2D eigenvalue weighted by atomic mass is 10.1. The molecule has 1 aromatic heterocycles. The van der Waals surface area contributed by atoms with Gasteiger partial charge in [0.2, 0.25) is 0 Å². The highest BCUT2D eigenvalue weighted by molar-refractivity contribution is 5.95. The highest BCUT2D eigenvalue weighted by atomic mass is 19.4. The van der Waals surface area contributed by atoms with Crippen molar-refractivity contribution in [2.75, 3.05) is 11.9 Å². The van der Waals surface area contributed by atoms with Gasteiger partial charge in [-0.05, 0) is 38.3 Å². The third-order valence-corrected chi connectivity index (χ3v) is 5.36. The third-order valence-electron chi connectivity index (χ3n) is 5.36. The minimum Gasteiger partial charge on any atom is -0.368 e. The number of likely N-dealkylation sites (tertiary alicyclic amines) is 1. The van der Waals surface area contributed by atoms with Crippen molar-refractivity contribution in [1.29, 1.82) is 0 Å². The van der Waals surface area contributed by atoms with Crippen LogP contribution in [-0.4, -0.2) is 39.4 Å². The number of carbonyl (C=O) groups excluding carboxylic acids is 1. The minimum atomic E-state index is -4.41. The van der Waals surface area contributed by atoms with Crippen molar-refractivity contribution in [3.8, 4) is 0 Å². The molecule has 1 fully saturated rings. The van der Waals surface area contributed by atoms with Gasteiger partial charge in [0.25, 0.3) is 5.91 Å². The second kappa shape index (κ2) is 6.79.